The molecule has 18 heteroatoms. The number of piperazine rings is 1. The molecule has 4 heterocycles. The van der Waals surface area contributed by atoms with Gasteiger partial charge in [0.05, 0.1) is 42.7 Å². The number of nitrogens with one attached hydrogen (secondary N) is 1. The summed E-state index contributed by atoms with van der Waals surface area (Å²) in [4.78, 5) is 30.2. The van der Waals surface area contributed by atoms with Crippen LogP contribution in [0, 0.1) is 18.7 Å². The van der Waals surface area contributed by atoms with Crippen LogP contribution in [-0.2, 0) is 19.3 Å². The Morgan fingerprint density at radius 2 is 1.62 bits per heavy atom. The lowest BCUT2D eigenvalue weighted by molar-refractivity contribution is -0.137. The smallest absolute Gasteiger partial charge is 0.418 e. The number of amides is 1. The van der Waals surface area contributed by atoms with E-state index in [-0.39, 0.29) is 90.4 Å². The summed E-state index contributed by atoms with van der Waals surface area (Å²) < 4.78 is 93.0. The number of hydrogen-bond donors (Lipinski definition) is 2. The fraction of sp³-hybridized carbons (Fsp3) is 0.395. The van der Waals surface area contributed by atoms with E-state index in [2.05, 4.69) is 20.3 Å². The SMILES string of the molecule is COc1ccc(CN(Cc2ccc(OC)cc2)c2cc(C)c(C(F)(F)F)c(-c3c(Cl)cc4c(N5CCN(C(=O)O)C[C@@H]5C)nc(OC[C@@H]5C[C@@H](CF)CN5)nc4c3F)n2)cc1. The standard InChI is InChI=1S/C43H45ClF5N7O5/c1-24-15-34(55(21-26-5-9-30(59-3)10-6-26)22-27-7-11-31(60-4)12-8-27)51-39(36(24)43(47,48)49)35-33(44)17-32-38(37(35)46)52-41(61-23-29-16-28(18-45)19-50-29)53-40(32)56-14-13-54(42(57)58)20-25(56)2/h5-12,15,17,25,28-29,50H,13-14,16,18-23H2,1-4H3,(H,57,58)/t25-,28-,29-/m0/s1. The molecule has 2 aromatic heterocycles. The zero-order valence-corrected chi connectivity index (χ0v) is 34.7. The van der Waals surface area contributed by atoms with Crippen molar-refractivity contribution >= 4 is 40.2 Å². The maximum Gasteiger partial charge on any atom is 0.418 e. The monoisotopic (exact) mass is 869 g/mol. The van der Waals surface area contributed by atoms with Gasteiger partial charge in [0.1, 0.15) is 35.3 Å². The summed E-state index contributed by atoms with van der Waals surface area (Å²) in [5.41, 5.74) is -1.53. The molecule has 3 atom stereocenters. The third kappa shape index (κ3) is 9.47. The van der Waals surface area contributed by atoms with Crippen LogP contribution in [0.1, 0.15) is 35.6 Å². The van der Waals surface area contributed by atoms with Crippen LogP contribution >= 0.6 is 11.6 Å². The number of hydrogen-bond acceptors (Lipinski definition) is 10. The van der Waals surface area contributed by atoms with Crippen molar-refractivity contribution in [1.82, 2.24) is 25.2 Å². The molecule has 324 valence electrons. The van der Waals surface area contributed by atoms with Crippen LogP contribution in [-0.4, -0.2) is 96.8 Å². The Kier molecular flexibility index (Phi) is 12.9. The van der Waals surface area contributed by atoms with Gasteiger partial charge in [-0.3, -0.25) is 4.39 Å². The Labute approximate surface area is 354 Å². The Bertz CT molecular complexity index is 2330. The van der Waals surface area contributed by atoms with Crippen LogP contribution < -0.4 is 29.3 Å². The Balaban J connectivity index is 1.38. The number of pyridine rings is 1. The highest BCUT2D eigenvalue weighted by Gasteiger charge is 2.39. The van der Waals surface area contributed by atoms with Gasteiger partial charge in [-0.15, -0.1) is 0 Å². The van der Waals surface area contributed by atoms with Crippen molar-refractivity contribution in [3.05, 3.63) is 93.8 Å². The number of rotatable bonds is 13. The maximum atomic E-state index is 17.5. The van der Waals surface area contributed by atoms with Gasteiger partial charge in [0.25, 0.3) is 0 Å². The molecule has 61 heavy (non-hydrogen) atoms. The molecule has 0 unspecified atom stereocenters. The third-order valence-electron chi connectivity index (χ3n) is 11.1. The van der Waals surface area contributed by atoms with Gasteiger partial charge in [-0.1, -0.05) is 35.9 Å². The molecule has 7 rings (SSSR count). The van der Waals surface area contributed by atoms with Gasteiger partial charge in [0.2, 0.25) is 0 Å². The summed E-state index contributed by atoms with van der Waals surface area (Å²) in [6, 6.07) is 16.1. The second kappa shape index (κ2) is 18.1. The van der Waals surface area contributed by atoms with Crippen molar-refractivity contribution in [2.24, 2.45) is 5.92 Å². The molecule has 0 bridgehead atoms. The summed E-state index contributed by atoms with van der Waals surface area (Å²) in [6.07, 6.45) is -5.60. The molecule has 12 nitrogen and oxygen atoms in total. The van der Waals surface area contributed by atoms with Gasteiger partial charge in [-0.25, -0.2) is 14.2 Å². The minimum atomic E-state index is -4.98. The number of aryl methyl sites for hydroxylation is 1. The number of aromatic nitrogens is 3. The van der Waals surface area contributed by atoms with Gasteiger partial charge >= 0.3 is 18.3 Å². The first kappa shape index (κ1) is 43.4. The number of carboxylic acid groups (broad SMARTS) is 1. The van der Waals surface area contributed by atoms with Crippen LogP contribution in [0.4, 0.5) is 38.4 Å². The zero-order chi connectivity index (χ0) is 43.6. The van der Waals surface area contributed by atoms with Gasteiger partial charge in [0, 0.05) is 62.7 Å². The van der Waals surface area contributed by atoms with Crippen LogP contribution in [0.15, 0.2) is 60.7 Å². The van der Waals surface area contributed by atoms with Gasteiger partial charge in [-0.05, 0) is 73.4 Å². The first-order chi connectivity index (χ1) is 29.2. The van der Waals surface area contributed by atoms with E-state index in [1.165, 1.54) is 24.0 Å². The molecule has 2 saturated heterocycles. The van der Waals surface area contributed by atoms with Crippen molar-refractivity contribution in [1.29, 1.82) is 0 Å². The van der Waals surface area contributed by atoms with E-state index in [1.807, 2.05) is 24.3 Å². The average Bonchev–Trinajstić information content (AvgIpc) is 3.71. The lowest BCUT2D eigenvalue weighted by Gasteiger charge is -2.39. The Morgan fingerprint density at radius 3 is 2.16 bits per heavy atom. The van der Waals surface area contributed by atoms with Crippen molar-refractivity contribution in [3.63, 3.8) is 0 Å². The van der Waals surface area contributed by atoms with Crippen molar-refractivity contribution < 1.29 is 46.1 Å². The zero-order valence-electron chi connectivity index (χ0n) is 33.9. The number of benzene rings is 3. The topological polar surface area (TPSA) is 125 Å². The van der Waals surface area contributed by atoms with E-state index in [9.17, 15) is 14.3 Å². The molecule has 0 saturated carbocycles. The van der Waals surface area contributed by atoms with Crippen molar-refractivity contribution in [2.75, 3.05) is 63.5 Å². The number of fused-ring (bicyclic) bond motifs is 1. The Morgan fingerprint density at radius 1 is 0.984 bits per heavy atom. The molecule has 2 aliphatic rings. The molecule has 2 fully saturated rings. The van der Waals surface area contributed by atoms with Gasteiger partial charge in [0.15, 0.2) is 5.82 Å². The van der Waals surface area contributed by atoms with Gasteiger partial charge < -0.3 is 39.3 Å². The molecular formula is C43H45ClF5N7O5. The molecule has 3 aromatic carbocycles. The molecule has 5 aromatic rings. The number of methoxy groups -OCH3 is 2. The molecular weight excluding hydrogens is 825 g/mol. The highest BCUT2D eigenvalue weighted by atomic mass is 35.5. The molecule has 1 amide bonds. The van der Waals surface area contributed by atoms with E-state index in [0.29, 0.717) is 24.5 Å². The summed E-state index contributed by atoms with van der Waals surface area (Å²) >= 11 is 6.88. The molecule has 2 aliphatic heterocycles. The number of nitrogens with zero attached hydrogens (tertiary/aromatic N) is 6. The number of carbonyl (C=O) groups is 1. The van der Waals surface area contributed by atoms with E-state index in [0.717, 1.165) is 11.1 Å². The second-order valence-electron chi connectivity index (χ2n) is 15.3. The van der Waals surface area contributed by atoms with Crippen LogP contribution in [0.5, 0.6) is 17.5 Å². The minimum absolute atomic E-state index is 0.00506. The van der Waals surface area contributed by atoms with Crippen LogP contribution in [0.2, 0.25) is 5.02 Å². The van der Waals surface area contributed by atoms with Crippen LogP contribution in [0.25, 0.3) is 22.2 Å². The fourth-order valence-electron chi connectivity index (χ4n) is 7.91. The largest absolute Gasteiger partial charge is 0.497 e. The third-order valence-corrected chi connectivity index (χ3v) is 11.4. The Hall–Kier alpha value is -5.68. The fourth-order valence-corrected chi connectivity index (χ4v) is 8.19. The summed E-state index contributed by atoms with van der Waals surface area (Å²) in [7, 11) is 3.08. The minimum Gasteiger partial charge on any atom is -0.497 e. The van der Waals surface area contributed by atoms with Crippen molar-refractivity contribution in [3.8, 4) is 28.8 Å². The van der Waals surface area contributed by atoms with E-state index < -0.39 is 47.6 Å². The normalized spacial score (nSPS) is 18.1. The molecule has 0 aliphatic carbocycles. The molecule has 0 radical (unpaired) electrons. The summed E-state index contributed by atoms with van der Waals surface area (Å²) in [5, 5.41) is 12.5. The predicted octanol–water partition coefficient (Wildman–Crippen LogP) is 8.55. The van der Waals surface area contributed by atoms with Crippen molar-refractivity contribution in [2.45, 2.75) is 51.6 Å². The number of anilines is 2. The highest BCUT2D eigenvalue weighted by molar-refractivity contribution is 6.34. The summed E-state index contributed by atoms with van der Waals surface area (Å²) in [6.45, 7) is 3.75. The van der Waals surface area contributed by atoms with E-state index >= 15 is 17.6 Å². The van der Waals surface area contributed by atoms with E-state index in [1.54, 1.807) is 55.2 Å². The highest BCUT2D eigenvalue weighted by Crippen LogP contribution is 2.45. The number of halogens is 6. The second-order valence-corrected chi connectivity index (χ2v) is 15.7. The van der Waals surface area contributed by atoms with Gasteiger partial charge in [-0.2, -0.15) is 23.1 Å². The summed E-state index contributed by atoms with van der Waals surface area (Å²) in [5.74, 6) is 0.135. The lowest BCUT2D eigenvalue weighted by Crippen LogP contribution is -2.53. The predicted molar refractivity (Wildman–Crippen MR) is 221 cm³/mol. The van der Waals surface area contributed by atoms with E-state index in [4.69, 9.17) is 25.8 Å². The molecule has 2 N–H and O–H groups in total. The first-order valence-electron chi connectivity index (χ1n) is 19.6. The average molecular weight is 870 g/mol. The van der Waals surface area contributed by atoms with Crippen LogP contribution in [0.3, 0.4) is 0 Å². The lowest BCUT2D eigenvalue weighted by atomic mass is 9.98. The maximum absolute atomic E-state index is 17.5. The quantitative estimate of drug-likeness (QED) is 0.111. The number of ether oxygens (including phenoxy) is 3. The number of alkyl halides is 4. The first-order valence-corrected chi connectivity index (χ1v) is 20.0. The molecule has 0 spiro atoms.